The van der Waals surface area contributed by atoms with Crippen LogP contribution in [0.2, 0.25) is 23.2 Å². The van der Waals surface area contributed by atoms with E-state index in [-0.39, 0.29) is 16.9 Å². The van der Waals surface area contributed by atoms with Crippen molar-refractivity contribution in [2.75, 3.05) is 6.61 Å². The van der Waals surface area contributed by atoms with E-state index < -0.39 is 12.9 Å². The van der Waals surface area contributed by atoms with Gasteiger partial charge in [-0.2, -0.15) is 0 Å². The van der Waals surface area contributed by atoms with Crippen molar-refractivity contribution in [1.82, 2.24) is 0 Å². The number of benzene rings is 1. The SMILES string of the molecule is CC(C)(C)[Si](C)(C)OC[C@@H]1[C@@H](c2cccc(Cl)c2)[C@@]1(F)Br. The smallest absolute Gasteiger partial charge is 0.191 e. The fraction of sp³-hybridized carbons (Fsp3) is 0.625. The highest BCUT2D eigenvalue weighted by Gasteiger charge is 2.65. The first kappa shape index (κ1) is 17.5. The molecule has 0 heterocycles. The van der Waals surface area contributed by atoms with Gasteiger partial charge in [-0.05, 0) is 51.8 Å². The molecule has 0 radical (unpaired) electrons. The van der Waals surface area contributed by atoms with Gasteiger partial charge < -0.3 is 4.43 Å². The molecule has 118 valence electrons. The third-order valence-corrected chi connectivity index (χ3v) is 10.7. The molecule has 0 saturated heterocycles. The molecule has 0 aromatic heterocycles. The summed E-state index contributed by atoms with van der Waals surface area (Å²) in [6.07, 6.45) is 0. The Bertz CT molecular complexity index is 527. The van der Waals surface area contributed by atoms with Gasteiger partial charge in [-0.25, -0.2) is 4.39 Å². The maximum absolute atomic E-state index is 14.6. The predicted octanol–water partition coefficient (Wildman–Crippen LogP) is 6.14. The van der Waals surface area contributed by atoms with Crippen LogP contribution in [-0.2, 0) is 4.43 Å². The summed E-state index contributed by atoms with van der Waals surface area (Å²) in [5, 5.41) is 0.783. The first-order valence-electron chi connectivity index (χ1n) is 7.24. The monoisotopic (exact) mass is 392 g/mol. The van der Waals surface area contributed by atoms with Crippen LogP contribution in [-0.4, -0.2) is 19.5 Å². The van der Waals surface area contributed by atoms with Crippen LogP contribution in [0, 0.1) is 5.92 Å². The van der Waals surface area contributed by atoms with Crippen LogP contribution in [0.1, 0.15) is 32.3 Å². The summed E-state index contributed by atoms with van der Waals surface area (Å²) in [4.78, 5) is 0. The molecule has 3 atom stereocenters. The zero-order valence-corrected chi connectivity index (χ0v) is 16.6. The zero-order valence-electron chi connectivity index (χ0n) is 13.2. The maximum Gasteiger partial charge on any atom is 0.191 e. The van der Waals surface area contributed by atoms with Gasteiger partial charge in [-0.1, -0.05) is 44.5 Å². The molecule has 1 aliphatic rings. The summed E-state index contributed by atoms with van der Waals surface area (Å²) in [5.41, 5.74) is 0.936. The lowest BCUT2D eigenvalue weighted by molar-refractivity contribution is 0.250. The van der Waals surface area contributed by atoms with Crippen molar-refractivity contribution in [2.24, 2.45) is 5.92 Å². The van der Waals surface area contributed by atoms with E-state index in [1.807, 2.05) is 24.3 Å². The third kappa shape index (κ3) is 3.54. The topological polar surface area (TPSA) is 9.23 Å². The van der Waals surface area contributed by atoms with E-state index in [1.165, 1.54) is 0 Å². The summed E-state index contributed by atoms with van der Waals surface area (Å²) in [6, 6.07) is 7.44. The molecule has 0 unspecified atom stereocenters. The molecule has 2 rings (SSSR count). The van der Waals surface area contributed by atoms with E-state index in [0.717, 1.165) is 5.56 Å². The molecule has 1 aliphatic carbocycles. The summed E-state index contributed by atoms with van der Waals surface area (Å²) in [5.74, 6) is -0.328. The molecule has 0 N–H and O–H groups in total. The number of alkyl halides is 2. The van der Waals surface area contributed by atoms with E-state index in [9.17, 15) is 4.39 Å². The second kappa shape index (κ2) is 5.62. The summed E-state index contributed by atoms with van der Waals surface area (Å²) >= 11 is 9.23. The molecular formula is C16H23BrClFOSi. The van der Waals surface area contributed by atoms with Crippen LogP contribution in [0.5, 0.6) is 0 Å². The molecule has 5 heteroatoms. The average Bonchev–Trinajstić information content (AvgIpc) is 2.87. The van der Waals surface area contributed by atoms with Crippen LogP contribution < -0.4 is 0 Å². The Morgan fingerprint density at radius 2 is 2.00 bits per heavy atom. The van der Waals surface area contributed by atoms with Crippen LogP contribution >= 0.6 is 27.5 Å². The normalized spacial score (nSPS) is 29.5. The number of hydrogen-bond acceptors (Lipinski definition) is 1. The zero-order chi connectivity index (χ0) is 16.1. The van der Waals surface area contributed by atoms with Crippen LogP contribution in [0.25, 0.3) is 0 Å². The van der Waals surface area contributed by atoms with E-state index in [1.54, 1.807) is 0 Å². The van der Waals surface area contributed by atoms with E-state index in [2.05, 4.69) is 49.8 Å². The molecular weight excluding hydrogens is 371 g/mol. The Kier molecular flexibility index (Phi) is 4.67. The number of rotatable bonds is 4. The van der Waals surface area contributed by atoms with Crippen LogP contribution in [0.3, 0.4) is 0 Å². The molecule has 1 aromatic rings. The van der Waals surface area contributed by atoms with Crippen molar-refractivity contribution in [3.05, 3.63) is 34.9 Å². The minimum absolute atomic E-state index is 0.138. The lowest BCUT2D eigenvalue weighted by atomic mass is 10.1. The highest BCUT2D eigenvalue weighted by molar-refractivity contribution is 9.10. The van der Waals surface area contributed by atoms with Gasteiger partial charge in [-0.15, -0.1) is 0 Å². The molecule has 0 spiro atoms. The van der Waals surface area contributed by atoms with E-state index in [4.69, 9.17) is 16.0 Å². The number of halogens is 3. The Morgan fingerprint density at radius 1 is 1.38 bits per heavy atom. The largest absolute Gasteiger partial charge is 0.416 e. The quantitative estimate of drug-likeness (QED) is 0.441. The average molecular weight is 394 g/mol. The van der Waals surface area contributed by atoms with Crippen molar-refractivity contribution >= 4 is 35.8 Å². The highest BCUT2D eigenvalue weighted by Crippen LogP contribution is 2.64. The standard InChI is InChI=1S/C16H23BrClFOSi/c1-15(2,3)21(4,5)20-10-13-14(16(13,17)19)11-7-6-8-12(18)9-11/h6-9,13-14H,10H2,1-5H3/t13-,14-,16-/m1/s1. The van der Waals surface area contributed by atoms with Gasteiger partial charge in [0.15, 0.2) is 12.9 Å². The Morgan fingerprint density at radius 3 is 2.52 bits per heavy atom. The molecule has 1 aromatic carbocycles. The lowest BCUT2D eigenvalue weighted by Gasteiger charge is -2.36. The minimum atomic E-state index is -1.85. The first-order valence-corrected chi connectivity index (χ1v) is 11.3. The van der Waals surface area contributed by atoms with Gasteiger partial charge in [0.2, 0.25) is 0 Å². The fourth-order valence-corrected chi connectivity index (χ4v) is 4.34. The molecule has 1 saturated carbocycles. The van der Waals surface area contributed by atoms with E-state index in [0.29, 0.717) is 11.6 Å². The summed E-state index contributed by atoms with van der Waals surface area (Å²) < 4.78 is 19.4. The molecule has 1 fully saturated rings. The Balaban J connectivity index is 2.06. The van der Waals surface area contributed by atoms with Crippen molar-refractivity contribution < 1.29 is 8.82 Å². The van der Waals surface area contributed by atoms with Crippen LogP contribution in [0.4, 0.5) is 4.39 Å². The van der Waals surface area contributed by atoms with E-state index >= 15 is 0 Å². The second-order valence-electron chi connectivity index (χ2n) is 7.39. The maximum atomic E-state index is 14.6. The molecule has 0 bridgehead atoms. The molecule has 0 amide bonds. The van der Waals surface area contributed by atoms with Gasteiger partial charge in [-0.3, -0.25) is 0 Å². The minimum Gasteiger partial charge on any atom is -0.416 e. The van der Waals surface area contributed by atoms with Crippen LogP contribution in [0.15, 0.2) is 24.3 Å². The highest BCUT2D eigenvalue weighted by atomic mass is 79.9. The molecule has 0 aliphatic heterocycles. The van der Waals surface area contributed by atoms with Gasteiger partial charge in [0.25, 0.3) is 0 Å². The van der Waals surface area contributed by atoms with Gasteiger partial charge in [0.1, 0.15) is 0 Å². The summed E-state index contributed by atoms with van der Waals surface area (Å²) in [7, 11) is -1.85. The summed E-state index contributed by atoms with van der Waals surface area (Å²) in [6.45, 7) is 11.4. The van der Waals surface area contributed by atoms with Gasteiger partial charge >= 0.3 is 0 Å². The first-order chi connectivity index (χ1) is 9.47. The Labute approximate surface area is 141 Å². The van der Waals surface area contributed by atoms with Gasteiger partial charge in [0, 0.05) is 23.5 Å². The number of hydrogen-bond donors (Lipinski definition) is 0. The van der Waals surface area contributed by atoms with Crippen molar-refractivity contribution in [3.8, 4) is 0 Å². The van der Waals surface area contributed by atoms with Crippen molar-refractivity contribution in [3.63, 3.8) is 0 Å². The van der Waals surface area contributed by atoms with Crippen molar-refractivity contribution in [2.45, 2.75) is 49.4 Å². The third-order valence-electron chi connectivity index (χ3n) is 4.84. The van der Waals surface area contributed by atoms with Crippen molar-refractivity contribution in [1.29, 1.82) is 0 Å². The lowest BCUT2D eigenvalue weighted by Crippen LogP contribution is -2.41. The predicted molar refractivity (Wildman–Crippen MR) is 93.6 cm³/mol. The molecule has 1 nitrogen and oxygen atoms in total. The Hall–Kier alpha value is 0.0969. The second-order valence-corrected chi connectivity index (χ2v) is 13.8. The van der Waals surface area contributed by atoms with Gasteiger partial charge in [0.05, 0.1) is 0 Å². The molecule has 21 heavy (non-hydrogen) atoms. The fourth-order valence-electron chi connectivity index (χ4n) is 2.27.